The summed E-state index contributed by atoms with van der Waals surface area (Å²) in [4.78, 5) is 0. The first-order valence-electron chi connectivity index (χ1n) is 7.51. The van der Waals surface area contributed by atoms with Crippen LogP contribution in [0.25, 0.3) is 0 Å². The largest absolute Gasteiger partial charge is 0.383 e. The van der Waals surface area contributed by atoms with E-state index >= 15 is 0 Å². The van der Waals surface area contributed by atoms with Crippen LogP contribution in [0.5, 0.6) is 0 Å². The summed E-state index contributed by atoms with van der Waals surface area (Å²) in [6.07, 6.45) is 5.36. The molecule has 1 aliphatic carbocycles. The maximum Gasteiger partial charge on any atom is 0.0645 e. The van der Waals surface area contributed by atoms with Gasteiger partial charge in [0.2, 0.25) is 0 Å². The molecule has 1 saturated carbocycles. The van der Waals surface area contributed by atoms with Gasteiger partial charge >= 0.3 is 0 Å². The summed E-state index contributed by atoms with van der Waals surface area (Å²) in [5.41, 5.74) is 0. The van der Waals surface area contributed by atoms with E-state index < -0.39 is 0 Å². The second-order valence-corrected chi connectivity index (χ2v) is 5.83. The molecule has 18 heavy (non-hydrogen) atoms. The molecule has 0 spiro atoms. The van der Waals surface area contributed by atoms with Crippen LogP contribution in [0, 0.1) is 11.8 Å². The average molecular weight is 257 g/mol. The number of rotatable bonds is 8. The quantitative estimate of drug-likeness (QED) is 0.725. The fourth-order valence-electron chi connectivity index (χ4n) is 2.62. The third-order valence-electron chi connectivity index (χ3n) is 4.13. The van der Waals surface area contributed by atoms with Crippen molar-refractivity contribution in [2.24, 2.45) is 11.8 Å². The molecular formula is C15H31NO2. The van der Waals surface area contributed by atoms with Crippen molar-refractivity contribution >= 4 is 0 Å². The van der Waals surface area contributed by atoms with Gasteiger partial charge in [-0.25, -0.2) is 0 Å². The standard InChI is InChI=1S/C15H31NO2/c1-5-8-16-14(10-17-4)11-18-15-7-6-12(2)13(3)9-15/h12-16H,5-11H2,1-4H3. The lowest BCUT2D eigenvalue weighted by Crippen LogP contribution is -2.40. The minimum Gasteiger partial charge on any atom is -0.383 e. The molecule has 1 fully saturated rings. The smallest absolute Gasteiger partial charge is 0.0645 e. The van der Waals surface area contributed by atoms with Gasteiger partial charge in [-0.15, -0.1) is 0 Å². The van der Waals surface area contributed by atoms with E-state index in [9.17, 15) is 0 Å². The molecule has 1 rings (SSSR count). The van der Waals surface area contributed by atoms with Gasteiger partial charge in [-0.3, -0.25) is 0 Å². The van der Waals surface area contributed by atoms with E-state index in [1.165, 1.54) is 19.3 Å². The number of ether oxygens (including phenoxy) is 2. The Kier molecular flexibility index (Phi) is 7.87. The molecule has 0 aromatic carbocycles. The van der Waals surface area contributed by atoms with Gasteiger partial charge < -0.3 is 14.8 Å². The lowest BCUT2D eigenvalue weighted by molar-refractivity contribution is -0.0165. The molecule has 0 aliphatic heterocycles. The number of hydrogen-bond donors (Lipinski definition) is 1. The van der Waals surface area contributed by atoms with Crippen LogP contribution in [0.4, 0.5) is 0 Å². The SMILES string of the molecule is CCCNC(COC)COC1CCC(C)C(C)C1. The fraction of sp³-hybridized carbons (Fsp3) is 1.00. The molecule has 0 radical (unpaired) electrons. The Morgan fingerprint density at radius 1 is 1.17 bits per heavy atom. The molecule has 3 heteroatoms. The number of hydrogen-bond acceptors (Lipinski definition) is 3. The highest BCUT2D eigenvalue weighted by atomic mass is 16.5. The zero-order chi connectivity index (χ0) is 13.4. The molecule has 4 unspecified atom stereocenters. The van der Waals surface area contributed by atoms with Gasteiger partial charge in [-0.2, -0.15) is 0 Å². The monoisotopic (exact) mass is 257 g/mol. The van der Waals surface area contributed by atoms with Gasteiger partial charge in [-0.1, -0.05) is 20.8 Å². The highest BCUT2D eigenvalue weighted by Gasteiger charge is 2.25. The molecule has 1 N–H and O–H groups in total. The van der Waals surface area contributed by atoms with Crippen LogP contribution in [0.3, 0.4) is 0 Å². The second-order valence-electron chi connectivity index (χ2n) is 5.83. The van der Waals surface area contributed by atoms with Gasteiger partial charge in [0, 0.05) is 7.11 Å². The van der Waals surface area contributed by atoms with Crippen LogP contribution in [-0.4, -0.2) is 39.0 Å². The molecule has 108 valence electrons. The van der Waals surface area contributed by atoms with Crippen LogP contribution in [0.2, 0.25) is 0 Å². The summed E-state index contributed by atoms with van der Waals surface area (Å²) in [7, 11) is 1.75. The van der Waals surface area contributed by atoms with Crippen molar-refractivity contribution in [1.29, 1.82) is 0 Å². The first-order valence-corrected chi connectivity index (χ1v) is 7.51. The Bertz CT molecular complexity index is 207. The molecule has 0 heterocycles. The van der Waals surface area contributed by atoms with Crippen molar-refractivity contribution in [2.75, 3.05) is 26.9 Å². The molecule has 0 saturated heterocycles. The van der Waals surface area contributed by atoms with Crippen molar-refractivity contribution in [3.63, 3.8) is 0 Å². The normalized spacial score (nSPS) is 30.3. The van der Waals surface area contributed by atoms with Crippen LogP contribution >= 0.6 is 0 Å². The van der Waals surface area contributed by atoms with Crippen molar-refractivity contribution in [3.05, 3.63) is 0 Å². The molecule has 0 bridgehead atoms. The van der Waals surface area contributed by atoms with E-state index in [0.29, 0.717) is 12.1 Å². The Hall–Kier alpha value is -0.120. The third kappa shape index (κ3) is 5.68. The van der Waals surface area contributed by atoms with E-state index in [1.54, 1.807) is 7.11 Å². The molecule has 1 aliphatic rings. The van der Waals surface area contributed by atoms with E-state index in [2.05, 4.69) is 26.1 Å². The average Bonchev–Trinajstić information content (AvgIpc) is 2.37. The minimum absolute atomic E-state index is 0.338. The lowest BCUT2D eigenvalue weighted by Gasteiger charge is -2.33. The number of methoxy groups -OCH3 is 1. The Morgan fingerprint density at radius 2 is 1.94 bits per heavy atom. The maximum atomic E-state index is 6.07. The summed E-state index contributed by atoms with van der Waals surface area (Å²) >= 11 is 0. The first-order chi connectivity index (χ1) is 8.67. The highest BCUT2D eigenvalue weighted by Crippen LogP contribution is 2.30. The molecule has 0 amide bonds. The van der Waals surface area contributed by atoms with Crippen molar-refractivity contribution < 1.29 is 9.47 Å². The maximum absolute atomic E-state index is 6.07. The van der Waals surface area contributed by atoms with E-state index in [-0.39, 0.29) is 0 Å². The molecule has 3 nitrogen and oxygen atoms in total. The summed E-state index contributed by atoms with van der Waals surface area (Å²) < 4.78 is 11.3. The van der Waals surface area contributed by atoms with Gasteiger partial charge in [-0.05, 0) is 44.1 Å². The summed E-state index contributed by atoms with van der Waals surface area (Å²) in [5, 5.41) is 3.48. The Labute approximate surface area is 113 Å². The zero-order valence-corrected chi connectivity index (χ0v) is 12.6. The summed E-state index contributed by atoms with van der Waals surface area (Å²) in [5.74, 6) is 1.66. The lowest BCUT2D eigenvalue weighted by atomic mass is 9.80. The molecule has 0 aromatic rings. The van der Waals surface area contributed by atoms with Crippen molar-refractivity contribution in [3.8, 4) is 0 Å². The Balaban J connectivity index is 2.24. The molecule has 0 aromatic heterocycles. The van der Waals surface area contributed by atoms with Crippen LogP contribution in [0.15, 0.2) is 0 Å². The summed E-state index contributed by atoms with van der Waals surface area (Å²) in [6, 6.07) is 0.338. The van der Waals surface area contributed by atoms with E-state index in [1.807, 2.05) is 0 Å². The molecular weight excluding hydrogens is 226 g/mol. The first kappa shape index (κ1) is 15.9. The predicted molar refractivity (Wildman–Crippen MR) is 75.9 cm³/mol. The van der Waals surface area contributed by atoms with Crippen molar-refractivity contribution in [2.45, 2.75) is 58.6 Å². The Morgan fingerprint density at radius 3 is 2.56 bits per heavy atom. The topological polar surface area (TPSA) is 30.5 Å². The van der Waals surface area contributed by atoms with Gasteiger partial charge in [0.05, 0.1) is 25.4 Å². The highest BCUT2D eigenvalue weighted by molar-refractivity contribution is 4.76. The van der Waals surface area contributed by atoms with E-state index in [4.69, 9.17) is 9.47 Å². The van der Waals surface area contributed by atoms with Crippen LogP contribution in [-0.2, 0) is 9.47 Å². The van der Waals surface area contributed by atoms with Gasteiger partial charge in [0.1, 0.15) is 0 Å². The van der Waals surface area contributed by atoms with Gasteiger partial charge in [0.15, 0.2) is 0 Å². The third-order valence-corrected chi connectivity index (χ3v) is 4.13. The summed E-state index contributed by atoms with van der Waals surface area (Å²) in [6.45, 7) is 9.44. The minimum atomic E-state index is 0.338. The fourth-order valence-corrected chi connectivity index (χ4v) is 2.62. The second kappa shape index (κ2) is 8.89. The van der Waals surface area contributed by atoms with E-state index in [0.717, 1.165) is 38.0 Å². The zero-order valence-electron chi connectivity index (χ0n) is 12.6. The molecule has 4 atom stereocenters. The van der Waals surface area contributed by atoms with Crippen LogP contribution in [0.1, 0.15) is 46.5 Å². The predicted octanol–water partition coefficient (Wildman–Crippen LogP) is 2.84. The van der Waals surface area contributed by atoms with Gasteiger partial charge in [0.25, 0.3) is 0 Å². The number of nitrogens with one attached hydrogen (secondary N) is 1. The van der Waals surface area contributed by atoms with Crippen molar-refractivity contribution in [1.82, 2.24) is 5.32 Å². The van der Waals surface area contributed by atoms with Crippen LogP contribution < -0.4 is 5.32 Å².